The van der Waals surface area contributed by atoms with Crippen LogP contribution in [0.5, 0.6) is 5.75 Å². The predicted octanol–water partition coefficient (Wildman–Crippen LogP) is 2.81. The zero-order valence-electron chi connectivity index (χ0n) is 14.3. The lowest BCUT2D eigenvalue weighted by molar-refractivity contribution is 0.0589. The smallest absolute Gasteiger partial charge is 0.274 e. The van der Waals surface area contributed by atoms with Crippen LogP contribution in [-0.4, -0.2) is 46.7 Å². The first-order valence-electron chi connectivity index (χ1n) is 8.69. The van der Waals surface area contributed by atoms with Crippen molar-refractivity contribution in [1.82, 2.24) is 20.4 Å². The first-order valence-corrected chi connectivity index (χ1v) is 9.07. The molecule has 26 heavy (non-hydrogen) atoms. The Bertz CT molecular complexity index is 772. The normalized spacial score (nSPS) is 17.3. The van der Waals surface area contributed by atoms with E-state index in [0.29, 0.717) is 36.1 Å². The Kier molecular flexibility index (Phi) is 6.06. The fourth-order valence-electron chi connectivity index (χ4n) is 3.45. The third-order valence-corrected chi connectivity index (χ3v) is 5.18. The molecule has 140 valence electrons. The number of nitrogens with zero attached hydrogens (tertiary/aromatic N) is 2. The van der Waals surface area contributed by atoms with Gasteiger partial charge in [-0.2, -0.15) is 5.10 Å². The zero-order valence-corrected chi connectivity index (χ0v) is 15.9. The number of likely N-dealkylation sites (tertiary alicyclic amines) is 1. The second-order valence-electron chi connectivity index (χ2n) is 6.50. The molecule has 2 aliphatic rings. The highest BCUT2D eigenvalue weighted by atomic mass is 35.5. The summed E-state index contributed by atoms with van der Waals surface area (Å²) in [6, 6.07) is 7.50. The lowest BCUT2D eigenvalue weighted by Gasteiger charge is -2.32. The van der Waals surface area contributed by atoms with E-state index in [1.807, 2.05) is 29.2 Å². The summed E-state index contributed by atoms with van der Waals surface area (Å²) in [6.45, 7) is 2.97. The standard InChI is InChI=1S/C18H21ClN4O2.ClH/c19-14-3-1-2-4-16(14)25-12-6-9-23(10-7-12)18(24)17-13-11-20-8-5-15(13)21-22-17;/h1-4,12,20H,5-11H2,(H,21,22);1H. The van der Waals surface area contributed by atoms with Crippen LogP contribution in [0.2, 0.25) is 5.02 Å². The summed E-state index contributed by atoms with van der Waals surface area (Å²) >= 11 is 6.15. The minimum Gasteiger partial charge on any atom is -0.489 e. The lowest BCUT2D eigenvalue weighted by atomic mass is 10.0. The van der Waals surface area contributed by atoms with Gasteiger partial charge in [0.05, 0.1) is 5.02 Å². The highest BCUT2D eigenvalue weighted by Crippen LogP contribution is 2.27. The minimum absolute atomic E-state index is 0. The third-order valence-electron chi connectivity index (χ3n) is 4.87. The number of halogens is 2. The van der Waals surface area contributed by atoms with E-state index in [-0.39, 0.29) is 24.4 Å². The molecule has 1 fully saturated rings. The van der Waals surface area contributed by atoms with Crippen LogP contribution in [0, 0.1) is 0 Å². The number of rotatable bonds is 3. The van der Waals surface area contributed by atoms with E-state index < -0.39 is 0 Å². The molecule has 2 aromatic rings. The molecule has 0 saturated carbocycles. The van der Waals surface area contributed by atoms with E-state index in [1.165, 1.54) is 0 Å². The summed E-state index contributed by atoms with van der Waals surface area (Å²) in [5.41, 5.74) is 2.66. The van der Waals surface area contributed by atoms with E-state index in [2.05, 4.69) is 15.5 Å². The zero-order chi connectivity index (χ0) is 17.2. The van der Waals surface area contributed by atoms with Gasteiger partial charge in [-0.15, -0.1) is 12.4 Å². The van der Waals surface area contributed by atoms with Crippen LogP contribution in [0.25, 0.3) is 0 Å². The Labute approximate surface area is 163 Å². The molecule has 0 bridgehead atoms. The minimum atomic E-state index is 0. The molecule has 8 heteroatoms. The largest absolute Gasteiger partial charge is 0.489 e. The SMILES string of the molecule is Cl.O=C(c1n[nH]c2c1CNCC2)N1CCC(Oc2ccccc2Cl)CC1. The van der Waals surface area contributed by atoms with Crippen molar-refractivity contribution in [1.29, 1.82) is 0 Å². The van der Waals surface area contributed by atoms with Gasteiger partial charge in [0.25, 0.3) is 5.91 Å². The molecule has 1 amide bonds. The number of ether oxygens (including phenoxy) is 1. The number of amides is 1. The highest BCUT2D eigenvalue weighted by molar-refractivity contribution is 6.32. The fourth-order valence-corrected chi connectivity index (χ4v) is 3.63. The molecule has 3 heterocycles. The van der Waals surface area contributed by atoms with Gasteiger partial charge in [0, 0.05) is 56.7 Å². The van der Waals surface area contributed by atoms with Gasteiger partial charge in [-0.1, -0.05) is 23.7 Å². The summed E-state index contributed by atoms with van der Waals surface area (Å²) in [7, 11) is 0. The van der Waals surface area contributed by atoms with Gasteiger partial charge in [0.15, 0.2) is 5.69 Å². The molecule has 2 aliphatic heterocycles. The second-order valence-corrected chi connectivity index (χ2v) is 6.90. The van der Waals surface area contributed by atoms with Gasteiger partial charge in [-0.3, -0.25) is 9.89 Å². The lowest BCUT2D eigenvalue weighted by Crippen LogP contribution is -2.42. The number of benzene rings is 1. The number of aromatic nitrogens is 2. The van der Waals surface area contributed by atoms with Crippen molar-refractivity contribution in [3.8, 4) is 5.75 Å². The van der Waals surface area contributed by atoms with Crippen molar-refractivity contribution in [2.24, 2.45) is 0 Å². The maximum Gasteiger partial charge on any atom is 0.274 e. The average molecular weight is 397 g/mol. The van der Waals surface area contributed by atoms with Gasteiger partial charge < -0.3 is 15.0 Å². The Morgan fingerprint density at radius 2 is 2.04 bits per heavy atom. The maximum atomic E-state index is 12.8. The Morgan fingerprint density at radius 3 is 2.81 bits per heavy atom. The molecule has 4 rings (SSSR count). The second kappa shape index (κ2) is 8.29. The fraction of sp³-hybridized carbons (Fsp3) is 0.444. The van der Waals surface area contributed by atoms with E-state index >= 15 is 0 Å². The average Bonchev–Trinajstić information content (AvgIpc) is 3.08. The number of carbonyl (C=O) groups is 1. The maximum absolute atomic E-state index is 12.8. The summed E-state index contributed by atoms with van der Waals surface area (Å²) in [5, 5.41) is 11.2. The number of para-hydroxylation sites is 1. The molecule has 1 aromatic heterocycles. The topological polar surface area (TPSA) is 70.2 Å². The Balaban J connectivity index is 0.00000196. The third kappa shape index (κ3) is 3.82. The van der Waals surface area contributed by atoms with Crippen LogP contribution >= 0.6 is 24.0 Å². The van der Waals surface area contributed by atoms with Crippen molar-refractivity contribution in [2.45, 2.75) is 31.9 Å². The molecule has 0 unspecified atom stereocenters. The van der Waals surface area contributed by atoms with Crippen LogP contribution < -0.4 is 10.1 Å². The highest BCUT2D eigenvalue weighted by Gasteiger charge is 2.29. The van der Waals surface area contributed by atoms with Crippen LogP contribution in [0.15, 0.2) is 24.3 Å². The summed E-state index contributed by atoms with van der Waals surface area (Å²) < 4.78 is 5.99. The number of carbonyl (C=O) groups excluding carboxylic acids is 1. The number of hydrogen-bond donors (Lipinski definition) is 2. The molecule has 1 saturated heterocycles. The summed E-state index contributed by atoms with van der Waals surface area (Å²) in [5.74, 6) is 0.721. The molecule has 0 aliphatic carbocycles. The molecular weight excluding hydrogens is 375 g/mol. The molecule has 1 aromatic carbocycles. The quantitative estimate of drug-likeness (QED) is 0.836. The van der Waals surface area contributed by atoms with Gasteiger partial charge in [0.1, 0.15) is 11.9 Å². The Hall–Kier alpha value is -1.76. The van der Waals surface area contributed by atoms with Crippen molar-refractivity contribution in [3.63, 3.8) is 0 Å². The summed E-state index contributed by atoms with van der Waals surface area (Å²) in [6.07, 6.45) is 2.56. The van der Waals surface area contributed by atoms with Gasteiger partial charge in [0.2, 0.25) is 0 Å². The number of hydrogen-bond acceptors (Lipinski definition) is 4. The van der Waals surface area contributed by atoms with E-state index in [0.717, 1.165) is 37.1 Å². The van der Waals surface area contributed by atoms with Crippen molar-refractivity contribution < 1.29 is 9.53 Å². The van der Waals surface area contributed by atoms with Crippen LogP contribution in [-0.2, 0) is 13.0 Å². The first-order chi connectivity index (χ1) is 12.2. The molecule has 0 spiro atoms. The first kappa shape index (κ1) is 19.0. The Morgan fingerprint density at radius 1 is 1.27 bits per heavy atom. The summed E-state index contributed by atoms with van der Waals surface area (Å²) in [4.78, 5) is 14.7. The molecule has 0 radical (unpaired) electrons. The predicted molar refractivity (Wildman–Crippen MR) is 102 cm³/mol. The van der Waals surface area contributed by atoms with Crippen LogP contribution in [0.4, 0.5) is 0 Å². The number of nitrogens with one attached hydrogen (secondary N) is 2. The number of fused-ring (bicyclic) bond motifs is 1. The molecule has 6 nitrogen and oxygen atoms in total. The van der Waals surface area contributed by atoms with Crippen molar-refractivity contribution in [2.75, 3.05) is 19.6 Å². The molecule has 2 N–H and O–H groups in total. The van der Waals surface area contributed by atoms with E-state index in [1.54, 1.807) is 0 Å². The number of H-pyrrole nitrogens is 1. The van der Waals surface area contributed by atoms with E-state index in [4.69, 9.17) is 16.3 Å². The van der Waals surface area contributed by atoms with E-state index in [9.17, 15) is 4.79 Å². The van der Waals surface area contributed by atoms with Gasteiger partial charge in [-0.25, -0.2) is 0 Å². The number of aromatic amines is 1. The van der Waals surface area contributed by atoms with Gasteiger partial charge in [-0.05, 0) is 12.1 Å². The molecular formula is C18H22Cl2N4O2. The monoisotopic (exact) mass is 396 g/mol. The molecule has 0 atom stereocenters. The van der Waals surface area contributed by atoms with Crippen LogP contribution in [0.1, 0.15) is 34.6 Å². The van der Waals surface area contributed by atoms with Gasteiger partial charge >= 0.3 is 0 Å². The van der Waals surface area contributed by atoms with Crippen molar-refractivity contribution >= 4 is 29.9 Å². The number of piperidine rings is 1. The van der Waals surface area contributed by atoms with Crippen LogP contribution in [0.3, 0.4) is 0 Å². The van der Waals surface area contributed by atoms with Crippen molar-refractivity contribution in [3.05, 3.63) is 46.2 Å².